The molecule has 0 radical (unpaired) electrons. The zero-order valence-corrected chi connectivity index (χ0v) is 16.8. The second-order valence-corrected chi connectivity index (χ2v) is 9.99. The minimum Gasteiger partial charge on any atom is -0.353 e. The van der Waals surface area contributed by atoms with E-state index in [1.165, 1.54) is 11.3 Å². The van der Waals surface area contributed by atoms with Gasteiger partial charge in [0.2, 0.25) is 5.91 Å². The van der Waals surface area contributed by atoms with Gasteiger partial charge in [-0.15, -0.1) is 23.7 Å². The molecule has 2 aliphatic heterocycles. The van der Waals surface area contributed by atoms with Crippen LogP contribution in [0.25, 0.3) is 0 Å². The summed E-state index contributed by atoms with van der Waals surface area (Å²) < 4.78 is 26.9. The van der Waals surface area contributed by atoms with Crippen LogP contribution < -0.4 is 10.6 Å². The number of carbonyl (C=O) groups excluding carboxylic acids is 1. The molecule has 2 aliphatic rings. The highest BCUT2D eigenvalue weighted by Crippen LogP contribution is 2.27. The van der Waals surface area contributed by atoms with Crippen LogP contribution in [0.5, 0.6) is 0 Å². The number of rotatable bonds is 5. The minimum atomic E-state index is -3.38. The van der Waals surface area contributed by atoms with Crippen LogP contribution in [0.2, 0.25) is 0 Å². The molecule has 142 valence electrons. The molecule has 6 nitrogen and oxygen atoms in total. The summed E-state index contributed by atoms with van der Waals surface area (Å²) in [6.45, 7) is 4.24. The topological polar surface area (TPSA) is 78.5 Å². The van der Waals surface area contributed by atoms with E-state index in [0.717, 1.165) is 37.1 Å². The van der Waals surface area contributed by atoms with Crippen LogP contribution in [-0.2, 0) is 21.2 Å². The molecule has 1 aromatic heterocycles. The SMILES string of the molecule is CC1CC(NC(=O)Cc2ccc(S(=O)(=O)N3CCCC3)s2)CCN1.Cl. The van der Waals surface area contributed by atoms with Crippen LogP contribution in [0.4, 0.5) is 0 Å². The van der Waals surface area contributed by atoms with Crippen molar-refractivity contribution in [2.75, 3.05) is 19.6 Å². The van der Waals surface area contributed by atoms with Crippen molar-refractivity contribution in [2.24, 2.45) is 0 Å². The second kappa shape index (κ2) is 8.81. The Balaban J connectivity index is 0.00000225. The molecule has 2 fully saturated rings. The molecule has 0 aliphatic carbocycles. The van der Waals surface area contributed by atoms with Crippen molar-refractivity contribution in [2.45, 2.75) is 55.3 Å². The molecule has 2 N–H and O–H groups in total. The third kappa shape index (κ3) is 5.17. The minimum absolute atomic E-state index is 0. The number of halogens is 1. The molecule has 0 bridgehead atoms. The van der Waals surface area contributed by atoms with E-state index in [-0.39, 0.29) is 30.8 Å². The predicted molar refractivity (Wildman–Crippen MR) is 102 cm³/mol. The zero-order chi connectivity index (χ0) is 17.2. The average Bonchev–Trinajstić information content (AvgIpc) is 3.18. The number of sulfonamides is 1. The molecule has 1 amide bonds. The number of amides is 1. The summed E-state index contributed by atoms with van der Waals surface area (Å²) in [5.41, 5.74) is 0. The number of nitrogens with one attached hydrogen (secondary N) is 2. The average molecular weight is 408 g/mol. The quantitative estimate of drug-likeness (QED) is 0.779. The van der Waals surface area contributed by atoms with Crippen molar-refractivity contribution in [3.63, 3.8) is 0 Å². The molecule has 1 aromatic rings. The van der Waals surface area contributed by atoms with Gasteiger partial charge in [0.05, 0.1) is 6.42 Å². The van der Waals surface area contributed by atoms with Gasteiger partial charge in [0.15, 0.2) is 0 Å². The molecule has 25 heavy (non-hydrogen) atoms. The van der Waals surface area contributed by atoms with Crippen LogP contribution in [-0.4, -0.2) is 50.3 Å². The van der Waals surface area contributed by atoms with Crippen molar-refractivity contribution in [1.82, 2.24) is 14.9 Å². The van der Waals surface area contributed by atoms with Gasteiger partial charge in [0, 0.05) is 30.1 Å². The maximum absolute atomic E-state index is 12.5. The smallest absolute Gasteiger partial charge is 0.252 e. The number of thiophene rings is 1. The summed E-state index contributed by atoms with van der Waals surface area (Å²) in [7, 11) is -3.38. The van der Waals surface area contributed by atoms with Gasteiger partial charge in [-0.1, -0.05) is 0 Å². The van der Waals surface area contributed by atoms with E-state index in [2.05, 4.69) is 17.6 Å². The molecular formula is C16H26ClN3O3S2. The van der Waals surface area contributed by atoms with Gasteiger partial charge in [-0.25, -0.2) is 8.42 Å². The van der Waals surface area contributed by atoms with Crippen LogP contribution in [0.1, 0.15) is 37.5 Å². The monoisotopic (exact) mass is 407 g/mol. The fourth-order valence-corrected chi connectivity index (χ4v) is 6.37. The number of hydrogen-bond acceptors (Lipinski definition) is 5. The lowest BCUT2D eigenvalue weighted by Gasteiger charge is -2.28. The Bertz CT molecular complexity index is 687. The Hall–Kier alpha value is -0.670. The second-order valence-electron chi connectivity index (χ2n) is 6.65. The first kappa shape index (κ1) is 20.6. The summed E-state index contributed by atoms with van der Waals surface area (Å²) >= 11 is 1.21. The van der Waals surface area contributed by atoms with Crippen LogP contribution in [0, 0.1) is 0 Å². The van der Waals surface area contributed by atoms with Crippen molar-refractivity contribution in [1.29, 1.82) is 0 Å². The molecule has 2 unspecified atom stereocenters. The third-order valence-corrected chi connectivity index (χ3v) is 8.07. The Labute approximate surface area is 159 Å². The fraction of sp³-hybridized carbons (Fsp3) is 0.688. The van der Waals surface area contributed by atoms with Gasteiger partial charge in [0.25, 0.3) is 10.0 Å². The standard InChI is InChI=1S/C16H25N3O3S2.ClH/c1-12-10-13(6-7-17-12)18-15(20)11-14-4-5-16(23-14)24(21,22)19-8-2-3-9-19;/h4-5,12-13,17H,2-3,6-11H2,1H3,(H,18,20);1H. The lowest BCUT2D eigenvalue weighted by molar-refractivity contribution is -0.121. The largest absolute Gasteiger partial charge is 0.353 e. The summed E-state index contributed by atoms with van der Waals surface area (Å²) in [6.07, 6.45) is 3.97. The molecule has 0 spiro atoms. The first-order valence-corrected chi connectivity index (χ1v) is 10.8. The van der Waals surface area contributed by atoms with Gasteiger partial charge in [0.1, 0.15) is 4.21 Å². The Kier molecular flexibility index (Phi) is 7.28. The molecule has 2 atom stereocenters. The van der Waals surface area contributed by atoms with Gasteiger partial charge >= 0.3 is 0 Å². The van der Waals surface area contributed by atoms with E-state index < -0.39 is 10.0 Å². The number of piperidine rings is 1. The van der Waals surface area contributed by atoms with Crippen molar-refractivity contribution >= 4 is 39.7 Å². The molecule has 9 heteroatoms. The van der Waals surface area contributed by atoms with Crippen molar-refractivity contribution in [3.05, 3.63) is 17.0 Å². The highest BCUT2D eigenvalue weighted by molar-refractivity contribution is 7.91. The molecular weight excluding hydrogens is 382 g/mol. The van der Waals surface area contributed by atoms with Crippen molar-refractivity contribution < 1.29 is 13.2 Å². The fourth-order valence-electron chi connectivity index (χ4n) is 3.35. The van der Waals surface area contributed by atoms with E-state index in [1.54, 1.807) is 16.4 Å². The Morgan fingerprint density at radius 1 is 1.36 bits per heavy atom. The molecule has 3 heterocycles. The summed E-state index contributed by atoms with van der Waals surface area (Å²) in [5, 5.41) is 6.43. The van der Waals surface area contributed by atoms with E-state index in [9.17, 15) is 13.2 Å². The number of nitrogens with zero attached hydrogens (tertiary/aromatic N) is 1. The number of carbonyl (C=O) groups is 1. The van der Waals surface area contributed by atoms with Gasteiger partial charge < -0.3 is 10.6 Å². The van der Waals surface area contributed by atoms with E-state index >= 15 is 0 Å². The maximum Gasteiger partial charge on any atom is 0.252 e. The Morgan fingerprint density at radius 2 is 2.08 bits per heavy atom. The zero-order valence-electron chi connectivity index (χ0n) is 14.4. The predicted octanol–water partition coefficient (Wildman–Crippen LogP) is 1.75. The van der Waals surface area contributed by atoms with Gasteiger partial charge in [-0.3, -0.25) is 4.79 Å². The molecule has 0 saturated carbocycles. The summed E-state index contributed by atoms with van der Waals surface area (Å²) in [5.74, 6) is -0.0268. The van der Waals surface area contributed by atoms with E-state index in [4.69, 9.17) is 0 Å². The van der Waals surface area contributed by atoms with Gasteiger partial charge in [-0.2, -0.15) is 4.31 Å². The van der Waals surface area contributed by atoms with Gasteiger partial charge in [-0.05, 0) is 51.3 Å². The lowest BCUT2D eigenvalue weighted by atomic mass is 10.0. The normalized spacial score (nSPS) is 24.7. The first-order valence-electron chi connectivity index (χ1n) is 8.57. The highest BCUT2D eigenvalue weighted by Gasteiger charge is 2.28. The van der Waals surface area contributed by atoms with Crippen LogP contribution in [0.15, 0.2) is 16.3 Å². The number of hydrogen-bond donors (Lipinski definition) is 2. The highest BCUT2D eigenvalue weighted by atomic mass is 35.5. The maximum atomic E-state index is 12.5. The molecule has 2 saturated heterocycles. The summed E-state index contributed by atoms with van der Waals surface area (Å²) in [6, 6.07) is 4.02. The van der Waals surface area contributed by atoms with Crippen LogP contribution in [0.3, 0.4) is 0 Å². The van der Waals surface area contributed by atoms with Crippen LogP contribution >= 0.6 is 23.7 Å². The lowest BCUT2D eigenvalue weighted by Crippen LogP contribution is -2.46. The molecule has 3 rings (SSSR count). The Morgan fingerprint density at radius 3 is 2.76 bits per heavy atom. The van der Waals surface area contributed by atoms with E-state index in [0.29, 0.717) is 23.3 Å². The van der Waals surface area contributed by atoms with E-state index in [1.807, 2.05) is 0 Å². The third-order valence-electron chi connectivity index (χ3n) is 4.62. The molecule has 0 aromatic carbocycles. The van der Waals surface area contributed by atoms with Crippen molar-refractivity contribution in [3.8, 4) is 0 Å². The summed E-state index contributed by atoms with van der Waals surface area (Å²) in [4.78, 5) is 13.0. The first-order chi connectivity index (χ1) is 11.4.